The van der Waals surface area contributed by atoms with Crippen LogP contribution in [0.5, 0.6) is 0 Å². The van der Waals surface area contributed by atoms with Crippen LogP contribution in [0.1, 0.15) is 44.9 Å². The van der Waals surface area contributed by atoms with Gasteiger partial charge in [0.15, 0.2) is 0 Å². The summed E-state index contributed by atoms with van der Waals surface area (Å²) in [7, 11) is 0. The first-order valence-electron chi connectivity index (χ1n) is 6.78. The van der Waals surface area contributed by atoms with E-state index in [4.69, 9.17) is 0 Å². The van der Waals surface area contributed by atoms with E-state index in [1.807, 2.05) is 6.92 Å². The molecule has 0 saturated carbocycles. The number of hydrogen-bond donors (Lipinski definition) is 1. The van der Waals surface area contributed by atoms with Gasteiger partial charge in [-0.25, -0.2) is 0 Å². The molecule has 1 heterocycles. The molecule has 0 fully saturated rings. The lowest BCUT2D eigenvalue weighted by Gasteiger charge is -2.26. The van der Waals surface area contributed by atoms with Crippen molar-refractivity contribution in [1.82, 2.24) is 0 Å². The summed E-state index contributed by atoms with van der Waals surface area (Å²) in [6.07, 6.45) is 3.13. The molecule has 0 bridgehead atoms. The summed E-state index contributed by atoms with van der Waals surface area (Å²) in [4.78, 5) is 1.09. The highest BCUT2D eigenvalue weighted by molar-refractivity contribution is 7.19. The monoisotopic (exact) mass is 262 g/mol. The number of aliphatic hydroxyl groups is 1. The van der Waals surface area contributed by atoms with Crippen molar-refractivity contribution in [3.05, 3.63) is 35.2 Å². The van der Waals surface area contributed by atoms with Crippen molar-refractivity contribution in [2.75, 3.05) is 0 Å². The maximum Gasteiger partial charge on any atom is 0.0963 e. The SMILES string of the molecule is CCC(CC)CC(C)(O)c1cc2ccccc2s1. The lowest BCUT2D eigenvalue weighted by molar-refractivity contribution is 0.0322. The molecule has 0 aliphatic carbocycles. The molecule has 0 amide bonds. The molecular formula is C16H22OS. The molecule has 0 aliphatic heterocycles. The van der Waals surface area contributed by atoms with Crippen LogP contribution in [0.3, 0.4) is 0 Å². The molecule has 2 heteroatoms. The Morgan fingerprint density at radius 2 is 1.89 bits per heavy atom. The van der Waals surface area contributed by atoms with E-state index in [2.05, 4.69) is 44.2 Å². The average Bonchev–Trinajstić information content (AvgIpc) is 2.80. The summed E-state index contributed by atoms with van der Waals surface area (Å²) < 4.78 is 1.26. The minimum atomic E-state index is -0.694. The summed E-state index contributed by atoms with van der Waals surface area (Å²) in [6, 6.07) is 10.5. The van der Waals surface area contributed by atoms with Crippen molar-refractivity contribution in [3.8, 4) is 0 Å². The van der Waals surface area contributed by atoms with Crippen molar-refractivity contribution in [1.29, 1.82) is 0 Å². The number of thiophene rings is 1. The van der Waals surface area contributed by atoms with Crippen LogP contribution < -0.4 is 0 Å². The molecule has 2 aromatic rings. The highest BCUT2D eigenvalue weighted by Gasteiger charge is 2.28. The maximum absolute atomic E-state index is 10.7. The van der Waals surface area contributed by atoms with Crippen LogP contribution in [-0.2, 0) is 5.60 Å². The molecule has 0 saturated heterocycles. The van der Waals surface area contributed by atoms with Crippen LogP contribution in [0.15, 0.2) is 30.3 Å². The van der Waals surface area contributed by atoms with Crippen molar-refractivity contribution in [2.24, 2.45) is 5.92 Å². The van der Waals surface area contributed by atoms with E-state index in [-0.39, 0.29) is 0 Å². The van der Waals surface area contributed by atoms with E-state index in [0.29, 0.717) is 5.92 Å². The number of fused-ring (bicyclic) bond motifs is 1. The van der Waals surface area contributed by atoms with Gasteiger partial charge >= 0.3 is 0 Å². The topological polar surface area (TPSA) is 20.2 Å². The summed E-state index contributed by atoms with van der Waals surface area (Å²) in [5.41, 5.74) is -0.694. The second kappa shape index (κ2) is 5.41. The van der Waals surface area contributed by atoms with E-state index in [1.54, 1.807) is 11.3 Å². The fraction of sp³-hybridized carbons (Fsp3) is 0.500. The van der Waals surface area contributed by atoms with Crippen LogP contribution in [-0.4, -0.2) is 5.11 Å². The van der Waals surface area contributed by atoms with E-state index in [1.165, 1.54) is 10.1 Å². The van der Waals surface area contributed by atoms with E-state index in [9.17, 15) is 5.11 Å². The molecular weight excluding hydrogens is 240 g/mol. The fourth-order valence-corrected chi connectivity index (χ4v) is 3.60. The van der Waals surface area contributed by atoms with Crippen LogP contribution in [0.2, 0.25) is 0 Å². The molecule has 1 unspecified atom stereocenters. The molecule has 0 radical (unpaired) electrons. The first-order valence-corrected chi connectivity index (χ1v) is 7.60. The molecule has 0 aliphatic rings. The Kier molecular flexibility index (Phi) is 4.08. The summed E-state index contributed by atoms with van der Waals surface area (Å²) in [6.45, 7) is 6.36. The van der Waals surface area contributed by atoms with Gasteiger partial charge in [0.05, 0.1) is 5.60 Å². The zero-order chi connectivity index (χ0) is 13.2. The Hall–Kier alpha value is -0.860. The highest BCUT2D eigenvalue weighted by Crippen LogP contribution is 2.37. The van der Waals surface area contributed by atoms with Gasteiger partial charge in [0.25, 0.3) is 0 Å². The molecule has 0 spiro atoms. The second-order valence-electron chi connectivity index (χ2n) is 5.31. The Morgan fingerprint density at radius 1 is 1.22 bits per heavy atom. The van der Waals surface area contributed by atoms with Gasteiger partial charge in [0.2, 0.25) is 0 Å². The molecule has 1 aromatic heterocycles. The van der Waals surface area contributed by atoms with Gasteiger partial charge in [-0.15, -0.1) is 11.3 Å². The standard InChI is InChI=1S/C16H22OS/c1-4-12(5-2)11-16(3,17)15-10-13-8-6-7-9-14(13)18-15/h6-10,12,17H,4-5,11H2,1-3H3. The van der Waals surface area contributed by atoms with E-state index >= 15 is 0 Å². The third-order valence-electron chi connectivity index (χ3n) is 3.80. The molecule has 2 rings (SSSR count). The third kappa shape index (κ3) is 2.76. The van der Waals surface area contributed by atoms with Gasteiger partial charge in [-0.2, -0.15) is 0 Å². The number of hydrogen-bond acceptors (Lipinski definition) is 2. The van der Waals surface area contributed by atoms with E-state index < -0.39 is 5.60 Å². The Labute approximate surface area is 113 Å². The number of benzene rings is 1. The van der Waals surface area contributed by atoms with Crippen LogP contribution in [0.4, 0.5) is 0 Å². The lowest BCUT2D eigenvalue weighted by Crippen LogP contribution is -2.23. The summed E-state index contributed by atoms with van der Waals surface area (Å²) in [5.74, 6) is 0.602. The van der Waals surface area contributed by atoms with Crippen LogP contribution in [0.25, 0.3) is 10.1 Å². The quantitative estimate of drug-likeness (QED) is 0.809. The average molecular weight is 262 g/mol. The van der Waals surface area contributed by atoms with Crippen LogP contribution in [0, 0.1) is 5.92 Å². The minimum absolute atomic E-state index is 0.602. The lowest BCUT2D eigenvalue weighted by atomic mass is 9.87. The second-order valence-corrected chi connectivity index (χ2v) is 6.39. The van der Waals surface area contributed by atoms with Crippen molar-refractivity contribution < 1.29 is 5.11 Å². The Bertz CT molecular complexity index is 476. The largest absolute Gasteiger partial charge is 0.385 e. The normalized spacial score (nSPS) is 15.2. The molecule has 1 aromatic carbocycles. The molecule has 1 nitrogen and oxygen atoms in total. The fourth-order valence-electron chi connectivity index (χ4n) is 2.49. The molecule has 1 atom stereocenters. The van der Waals surface area contributed by atoms with Gasteiger partial charge in [-0.3, -0.25) is 0 Å². The van der Waals surface area contributed by atoms with Crippen molar-refractivity contribution in [2.45, 2.75) is 45.6 Å². The zero-order valence-corrected chi connectivity index (χ0v) is 12.3. The van der Waals surface area contributed by atoms with Gasteiger partial charge in [0, 0.05) is 9.58 Å². The van der Waals surface area contributed by atoms with Crippen molar-refractivity contribution in [3.63, 3.8) is 0 Å². The first-order chi connectivity index (χ1) is 8.56. The van der Waals surface area contributed by atoms with Gasteiger partial charge < -0.3 is 5.11 Å². The van der Waals surface area contributed by atoms with Crippen LogP contribution >= 0.6 is 11.3 Å². The van der Waals surface area contributed by atoms with Gasteiger partial charge in [-0.05, 0) is 36.8 Å². The predicted molar refractivity (Wildman–Crippen MR) is 80.1 cm³/mol. The highest BCUT2D eigenvalue weighted by atomic mass is 32.1. The van der Waals surface area contributed by atoms with E-state index in [0.717, 1.165) is 24.1 Å². The Balaban J connectivity index is 2.28. The summed E-state index contributed by atoms with van der Waals surface area (Å²) in [5, 5.41) is 12.0. The first kappa shape index (κ1) is 13.6. The minimum Gasteiger partial charge on any atom is -0.385 e. The maximum atomic E-state index is 10.7. The third-order valence-corrected chi connectivity index (χ3v) is 5.17. The molecule has 18 heavy (non-hydrogen) atoms. The molecule has 1 N–H and O–H groups in total. The van der Waals surface area contributed by atoms with Gasteiger partial charge in [-0.1, -0.05) is 44.9 Å². The molecule has 98 valence electrons. The zero-order valence-electron chi connectivity index (χ0n) is 11.4. The van der Waals surface area contributed by atoms with Gasteiger partial charge in [0.1, 0.15) is 0 Å². The number of rotatable bonds is 5. The summed E-state index contributed by atoms with van der Waals surface area (Å²) >= 11 is 1.72. The van der Waals surface area contributed by atoms with Crippen molar-refractivity contribution >= 4 is 21.4 Å². The Morgan fingerprint density at radius 3 is 2.50 bits per heavy atom. The smallest absolute Gasteiger partial charge is 0.0963 e. The predicted octanol–water partition coefficient (Wildman–Crippen LogP) is 4.94.